The maximum absolute atomic E-state index is 12.7. The smallest absolute Gasteiger partial charge is 0.359 e. The van der Waals surface area contributed by atoms with Crippen molar-refractivity contribution in [2.24, 2.45) is 0 Å². The molecule has 33 heavy (non-hydrogen) atoms. The third-order valence-electron chi connectivity index (χ3n) is 4.89. The summed E-state index contributed by atoms with van der Waals surface area (Å²) in [5, 5.41) is 10.6. The Morgan fingerprint density at radius 2 is 1.91 bits per heavy atom. The Balaban J connectivity index is 1.47. The molecule has 2 aromatic heterocycles. The van der Waals surface area contributed by atoms with Gasteiger partial charge in [0, 0.05) is 28.6 Å². The van der Waals surface area contributed by atoms with E-state index >= 15 is 0 Å². The minimum atomic E-state index is -0.766. The average molecular weight is 463 g/mol. The Kier molecular flexibility index (Phi) is 6.60. The van der Waals surface area contributed by atoms with E-state index in [0.717, 1.165) is 16.3 Å². The van der Waals surface area contributed by atoms with Crippen LogP contribution in [0.4, 0.5) is 5.69 Å². The molecule has 0 saturated carbocycles. The van der Waals surface area contributed by atoms with Crippen molar-refractivity contribution in [3.63, 3.8) is 0 Å². The standard InChI is InChI=1S/C24H22N4O4S/c1-3-11-28-23(30)19-10-5-4-9-18(19)22(27-28)24(31)32-13-21(29)26-17-8-6-7-16(12-17)20-14-33-15(2)25-20/h4-10,12,14H,3,11,13H2,1-2H3,(H,26,29). The van der Waals surface area contributed by atoms with Crippen LogP contribution in [0.2, 0.25) is 0 Å². The van der Waals surface area contributed by atoms with Crippen LogP contribution >= 0.6 is 11.3 Å². The van der Waals surface area contributed by atoms with Crippen molar-refractivity contribution in [2.75, 3.05) is 11.9 Å². The molecule has 0 atom stereocenters. The molecule has 4 aromatic rings. The van der Waals surface area contributed by atoms with Crippen LogP contribution in [0.3, 0.4) is 0 Å². The fourth-order valence-corrected chi connectivity index (χ4v) is 4.02. The second kappa shape index (κ2) is 9.74. The lowest BCUT2D eigenvalue weighted by Crippen LogP contribution is -2.27. The van der Waals surface area contributed by atoms with Gasteiger partial charge < -0.3 is 10.1 Å². The molecule has 0 aliphatic heterocycles. The fraction of sp³-hybridized carbons (Fsp3) is 0.208. The molecule has 1 N–H and O–H groups in total. The first-order valence-corrected chi connectivity index (χ1v) is 11.3. The van der Waals surface area contributed by atoms with Gasteiger partial charge in [-0.25, -0.2) is 14.5 Å². The van der Waals surface area contributed by atoms with Crippen molar-refractivity contribution in [3.05, 3.63) is 75.0 Å². The number of hydrogen-bond donors (Lipinski definition) is 1. The molecule has 0 saturated heterocycles. The number of nitrogens with zero attached hydrogens (tertiary/aromatic N) is 3. The molecule has 0 aliphatic rings. The zero-order valence-corrected chi connectivity index (χ0v) is 19.0. The fourth-order valence-electron chi connectivity index (χ4n) is 3.40. The number of aromatic nitrogens is 3. The monoisotopic (exact) mass is 462 g/mol. The first-order valence-electron chi connectivity index (χ1n) is 10.5. The van der Waals surface area contributed by atoms with Crippen molar-refractivity contribution in [3.8, 4) is 11.3 Å². The summed E-state index contributed by atoms with van der Waals surface area (Å²) in [7, 11) is 0. The number of esters is 1. The molecule has 0 bridgehead atoms. The highest BCUT2D eigenvalue weighted by Crippen LogP contribution is 2.24. The summed E-state index contributed by atoms with van der Waals surface area (Å²) in [4.78, 5) is 42.2. The number of nitrogens with one attached hydrogen (secondary N) is 1. The summed E-state index contributed by atoms with van der Waals surface area (Å²) >= 11 is 1.55. The third kappa shape index (κ3) is 4.98. The Bertz CT molecular complexity index is 1390. The quantitative estimate of drug-likeness (QED) is 0.416. The van der Waals surface area contributed by atoms with E-state index in [1.165, 1.54) is 4.68 Å². The van der Waals surface area contributed by atoms with Gasteiger partial charge in [-0.1, -0.05) is 37.3 Å². The van der Waals surface area contributed by atoms with Crippen LogP contribution in [0, 0.1) is 6.92 Å². The number of anilines is 1. The molecule has 8 nitrogen and oxygen atoms in total. The van der Waals surface area contributed by atoms with Gasteiger partial charge in [0.2, 0.25) is 0 Å². The summed E-state index contributed by atoms with van der Waals surface area (Å²) in [5.41, 5.74) is 2.02. The topological polar surface area (TPSA) is 103 Å². The number of carbonyl (C=O) groups excluding carboxylic acids is 2. The lowest BCUT2D eigenvalue weighted by Gasteiger charge is -2.11. The second-order valence-electron chi connectivity index (χ2n) is 7.38. The van der Waals surface area contributed by atoms with E-state index in [2.05, 4.69) is 15.4 Å². The zero-order chi connectivity index (χ0) is 23.4. The van der Waals surface area contributed by atoms with Crippen LogP contribution in [-0.2, 0) is 16.1 Å². The molecule has 4 rings (SSSR count). The lowest BCUT2D eigenvalue weighted by atomic mass is 10.1. The van der Waals surface area contributed by atoms with E-state index in [-0.39, 0.29) is 11.3 Å². The molecule has 0 unspecified atom stereocenters. The third-order valence-corrected chi connectivity index (χ3v) is 5.67. The molecule has 0 spiro atoms. The van der Waals surface area contributed by atoms with Crippen molar-refractivity contribution in [1.29, 1.82) is 0 Å². The van der Waals surface area contributed by atoms with E-state index < -0.39 is 18.5 Å². The number of rotatable bonds is 7. The van der Waals surface area contributed by atoms with Gasteiger partial charge in [-0.2, -0.15) is 5.10 Å². The van der Waals surface area contributed by atoms with Gasteiger partial charge in [0.25, 0.3) is 11.5 Å². The SMILES string of the molecule is CCCn1nc(C(=O)OCC(=O)Nc2cccc(-c3csc(C)n3)c2)c2ccccc2c1=O. The van der Waals surface area contributed by atoms with E-state index in [0.29, 0.717) is 29.4 Å². The Hall–Kier alpha value is -3.85. The number of thiazole rings is 1. The summed E-state index contributed by atoms with van der Waals surface area (Å²) in [6.07, 6.45) is 0.682. The molecule has 168 valence electrons. The summed E-state index contributed by atoms with van der Waals surface area (Å²) < 4.78 is 6.48. The van der Waals surface area contributed by atoms with Crippen LogP contribution in [-0.4, -0.2) is 33.2 Å². The molecule has 2 heterocycles. The predicted octanol–water partition coefficient (Wildman–Crippen LogP) is 4.03. The van der Waals surface area contributed by atoms with Crippen molar-refractivity contribution in [2.45, 2.75) is 26.8 Å². The lowest BCUT2D eigenvalue weighted by molar-refractivity contribution is -0.119. The first-order chi connectivity index (χ1) is 16.0. The highest BCUT2D eigenvalue weighted by atomic mass is 32.1. The van der Waals surface area contributed by atoms with Gasteiger partial charge in [-0.05, 0) is 31.5 Å². The Morgan fingerprint density at radius 3 is 2.64 bits per heavy atom. The predicted molar refractivity (Wildman–Crippen MR) is 127 cm³/mol. The molecule has 0 aliphatic carbocycles. The number of carbonyl (C=O) groups is 2. The number of fused-ring (bicyclic) bond motifs is 1. The van der Waals surface area contributed by atoms with Crippen molar-refractivity contribution in [1.82, 2.24) is 14.8 Å². The minimum Gasteiger partial charge on any atom is -0.451 e. The zero-order valence-electron chi connectivity index (χ0n) is 18.2. The van der Waals surface area contributed by atoms with Gasteiger partial charge in [-0.15, -0.1) is 11.3 Å². The molecule has 0 radical (unpaired) electrons. The Labute approximate surface area is 193 Å². The van der Waals surface area contributed by atoms with Gasteiger partial charge >= 0.3 is 5.97 Å². The van der Waals surface area contributed by atoms with Gasteiger partial charge in [0.05, 0.1) is 16.1 Å². The van der Waals surface area contributed by atoms with E-state index in [9.17, 15) is 14.4 Å². The molecule has 2 aromatic carbocycles. The van der Waals surface area contributed by atoms with Crippen molar-refractivity contribution < 1.29 is 14.3 Å². The van der Waals surface area contributed by atoms with Crippen LogP contribution < -0.4 is 10.9 Å². The normalized spacial score (nSPS) is 10.8. The molecule has 9 heteroatoms. The van der Waals surface area contributed by atoms with Crippen molar-refractivity contribution >= 4 is 39.7 Å². The van der Waals surface area contributed by atoms with Crippen LogP contribution in [0.15, 0.2) is 58.7 Å². The van der Waals surface area contributed by atoms with Crippen LogP contribution in [0.1, 0.15) is 28.8 Å². The molecular formula is C24H22N4O4S. The maximum Gasteiger partial charge on any atom is 0.359 e. The Morgan fingerprint density at radius 1 is 1.12 bits per heavy atom. The number of amides is 1. The summed E-state index contributed by atoms with van der Waals surface area (Å²) in [5.74, 6) is -1.25. The van der Waals surface area contributed by atoms with Gasteiger partial charge in [0.1, 0.15) is 0 Å². The highest BCUT2D eigenvalue weighted by Gasteiger charge is 2.19. The number of benzene rings is 2. The largest absolute Gasteiger partial charge is 0.451 e. The summed E-state index contributed by atoms with van der Waals surface area (Å²) in [6.45, 7) is 3.73. The van der Waals surface area contributed by atoms with Crippen LogP contribution in [0.5, 0.6) is 0 Å². The number of ether oxygens (including phenoxy) is 1. The number of hydrogen-bond acceptors (Lipinski definition) is 7. The average Bonchev–Trinajstić information content (AvgIpc) is 3.26. The van der Waals surface area contributed by atoms with E-state index in [1.54, 1.807) is 41.7 Å². The first kappa shape index (κ1) is 22.3. The van der Waals surface area contributed by atoms with E-state index in [1.807, 2.05) is 37.4 Å². The molecule has 1 amide bonds. The maximum atomic E-state index is 12.7. The number of aryl methyl sites for hydroxylation is 2. The van der Waals surface area contributed by atoms with Gasteiger partial charge in [-0.3, -0.25) is 9.59 Å². The highest BCUT2D eigenvalue weighted by molar-refractivity contribution is 7.09. The molecule has 0 fully saturated rings. The van der Waals surface area contributed by atoms with Gasteiger partial charge in [0.15, 0.2) is 12.3 Å². The summed E-state index contributed by atoms with van der Waals surface area (Å²) in [6, 6.07) is 14.0. The van der Waals surface area contributed by atoms with Crippen LogP contribution in [0.25, 0.3) is 22.0 Å². The minimum absolute atomic E-state index is 0.00680. The molecular weight excluding hydrogens is 440 g/mol. The second-order valence-corrected chi connectivity index (χ2v) is 8.44. The van der Waals surface area contributed by atoms with E-state index in [4.69, 9.17) is 4.74 Å².